The van der Waals surface area contributed by atoms with Crippen molar-refractivity contribution in [1.29, 1.82) is 0 Å². The first kappa shape index (κ1) is 20.1. The van der Waals surface area contributed by atoms with Crippen LogP contribution in [0.5, 0.6) is 0 Å². The molecule has 0 aliphatic carbocycles. The second kappa shape index (κ2) is 9.48. The molecule has 0 spiro atoms. The Morgan fingerprint density at radius 3 is 2.59 bits per heavy atom. The third-order valence-corrected chi connectivity index (χ3v) is 4.37. The van der Waals surface area contributed by atoms with Gasteiger partial charge in [0.25, 0.3) is 16.8 Å². The summed E-state index contributed by atoms with van der Waals surface area (Å²) in [5.74, 6) is -0.774. The maximum Gasteiger partial charge on any atom is 0.293 e. The van der Waals surface area contributed by atoms with E-state index in [4.69, 9.17) is 0 Å². The van der Waals surface area contributed by atoms with E-state index in [2.05, 4.69) is 5.32 Å². The molecule has 1 fully saturated rings. The van der Waals surface area contributed by atoms with Crippen LogP contribution >= 0.6 is 11.8 Å². The fourth-order valence-electron chi connectivity index (χ4n) is 2.14. The molecule has 9 heteroatoms. The van der Waals surface area contributed by atoms with Crippen LogP contribution in [0, 0.1) is 10.1 Å². The molecule has 0 unspecified atom stereocenters. The number of thioether (sulfide) groups is 1. The maximum atomic E-state index is 12.4. The van der Waals surface area contributed by atoms with E-state index in [0.717, 1.165) is 16.7 Å². The summed E-state index contributed by atoms with van der Waals surface area (Å²) < 4.78 is 0. The van der Waals surface area contributed by atoms with Crippen LogP contribution < -0.4 is 5.32 Å². The molecule has 1 aliphatic rings. The number of carbonyl (C=O) groups excluding carboxylic acids is 3. The molecule has 1 N–H and O–H groups in total. The molecule has 1 aliphatic heterocycles. The highest BCUT2D eigenvalue weighted by molar-refractivity contribution is 8.18. The number of nitro groups is 1. The molecule has 1 aromatic carbocycles. The van der Waals surface area contributed by atoms with Crippen LogP contribution in [0.15, 0.2) is 53.5 Å². The Balaban J connectivity index is 1.95. The van der Waals surface area contributed by atoms with Crippen LogP contribution in [0.1, 0.15) is 12.5 Å². The largest absolute Gasteiger partial charge is 0.351 e. The average molecular weight is 387 g/mol. The maximum absolute atomic E-state index is 12.4. The predicted molar refractivity (Wildman–Crippen MR) is 103 cm³/mol. The number of nitrogens with zero attached hydrogens (tertiary/aromatic N) is 2. The molecular formula is C18H17N3O5S. The summed E-state index contributed by atoms with van der Waals surface area (Å²) >= 11 is 0.792. The third-order valence-electron chi connectivity index (χ3n) is 3.46. The van der Waals surface area contributed by atoms with Crippen molar-refractivity contribution in [3.05, 3.63) is 69.2 Å². The van der Waals surface area contributed by atoms with Gasteiger partial charge in [-0.1, -0.05) is 18.2 Å². The summed E-state index contributed by atoms with van der Waals surface area (Å²) in [5.41, 5.74) is 0.521. The van der Waals surface area contributed by atoms with Crippen molar-refractivity contribution in [3.8, 4) is 0 Å². The number of rotatable bonds is 7. The Labute approximate surface area is 159 Å². The van der Waals surface area contributed by atoms with Gasteiger partial charge in [0.2, 0.25) is 5.91 Å². The highest BCUT2D eigenvalue weighted by Gasteiger charge is 2.34. The van der Waals surface area contributed by atoms with Crippen molar-refractivity contribution < 1.29 is 19.3 Å². The Bertz CT molecular complexity index is 843. The Hall–Kier alpha value is -3.20. The zero-order valence-electron chi connectivity index (χ0n) is 14.5. The number of benzene rings is 1. The highest BCUT2D eigenvalue weighted by atomic mass is 32.2. The fraction of sp³-hybridized carbons (Fsp3) is 0.167. The first-order valence-corrected chi connectivity index (χ1v) is 8.81. The summed E-state index contributed by atoms with van der Waals surface area (Å²) in [6.07, 6.45) is 7.93. The summed E-state index contributed by atoms with van der Waals surface area (Å²) in [6, 6.07) is 5.66. The zero-order chi connectivity index (χ0) is 19.8. The van der Waals surface area contributed by atoms with Crippen LogP contribution in [-0.2, 0) is 9.59 Å². The van der Waals surface area contributed by atoms with Crippen LogP contribution in [0.4, 0.5) is 10.5 Å². The van der Waals surface area contributed by atoms with Gasteiger partial charge in [-0.25, -0.2) is 0 Å². The number of carbonyl (C=O) groups is 3. The van der Waals surface area contributed by atoms with Gasteiger partial charge in [0.05, 0.1) is 9.83 Å². The van der Waals surface area contributed by atoms with E-state index in [1.165, 1.54) is 36.4 Å². The molecule has 1 aromatic rings. The molecule has 0 bridgehead atoms. The number of imide groups is 1. The second-order valence-electron chi connectivity index (χ2n) is 5.36. The molecule has 3 amide bonds. The molecule has 0 atom stereocenters. The molecule has 2 rings (SSSR count). The number of hydrogen-bond acceptors (Lipinski definition) is 6. The van der Waals surface area contributed by atoms with Gasteiger partial charge in [0.1, 0.15) is 0 Å². The number of allylic oxidation sites excluding steroid dienone is 3. The summed E-state index contributed by atoms with van der Waals surface area (Å²) in [4.78, 5) is 47.4. The van der Waals surface area contributed by atoms with Gasteiger partial charge in [-0.2, -0.15) is 0 Å². The van der Waals surface area contributed by atoms with E-state index in [-0.39, 0.29) is 29.6 Å². The molecule has 1 heterocycles. The van der Waals surface area contributed by atoms with Crippen molar-refractivity contribution in [1.82, 2.24) is 10.2 Å². The van der Waals surface area contributed by atoms with E-state index in [9.17, 15) is 24.5 Å². The minimum atomic E-state index is -0.514. The van der Waals surface area contributed by atoms with Crippen molar-refractivity contribution in [2.24, 2.45) is 0 Å². The summed E-state index contributed by atoms with van der Waals surface area (Å²) in [7, 11) is 0. The summed E-state index contributed by atoms with van der Waals surface area (Å²) in [5, 5.41) is 12.8. The average Bonchev–Trinajstić information content (AvgIpc) is 2.90. The molecule has 1 saturated heterocycles. The van der Waals surface area contributed by atoms with Crippen LogP contribution in [0.25, 0.3) is 6.08 Å². The first-order valence-electron chi connectivity index (χ1n) is 7.99. The highest BCUT2D eigenvalue weighted by Crippen LogP contribution is 2.32. The second-order valence-corrected chi connectivity index (χ2v) is 6.35. The number of nitrogens with one attached hydrogen (secondary N) is 1. The predicted octanol–water partition coefficient (Wildman–Crippen LogP) is 2.88. The van der Waals surface area contributed by atoms with Crippen LogP contribution in [0.3, 0.4) is 0 Å². The Morgan fingerprint density at radius 1 is 1.26 bits per heavy atom. The topological polar surface area (TPSA) is 110 Å². The normalized spacial score (nSPS) is 16.0. The van der Waals surface area contributed by atoms with Crippen LogP contribution in [-0.4, -0.2) is 40.0 Å². The van der Waals surface area contributed by atoms with E-state index in [0.29, 0.717) is 5.56 Å². The van der Waals surface area contributed by atoms with Crippen LogP contribution in [0.2, 0.25) is 0 Å². The van der Waals surface area contributed by atoms with E-state index in [1.54, 1.807) is 18.2 Å². The lowest BCUT2D eigenvalue weighted by Crippen LogP contribution is -2.36. The van der Waals surface area contributed by atoms with Crippen molar-refractivity contribution in [3.63, 3.8) is 0 Å². The Kier molecular flexibility index (Phi) is 7.07. The minimum Gasteiger partial charge on any atom is -0.351 e. The van der Waals surface area contributed by atoms with E-state index >= 15 is 0 Å². The van der Waals surface area contributed by atoms with E-state index < -0.39 is 16.1 Å². The van der Waals surface area contributed by atoms with Gasteiger partial charge in [-0.15, -0.1) is 0 Å². The number of hydrogen-bond donors (Lipinski definition) is 1. The third kappa shape index (κ3) is 5.65. The smallest absolute Gasteiger partial charge is 0.293 e. The molecule has 0 radical (unpaired) electrons. The minimum absolute atomic E-state index is 0.0560. The lowest BCUT2D eigenvalue weighted by molar-refractivity contribution is -0.384. The van der Waals surface area contributed by atoms with Crippen molar-refractivity contribution in [2.75, 3.05) is 13.1 Å². The van der Waals surface area contributed by atoms with Gasteiger partial charge in [0, 0.05) is 31.3 Å². The monoisotopic (exact) mass is 387 g/mol. The van der Waals surface area contributed by atoms with Gasteiger partial charge in [-0.3, -0.25) is 29.4 Å². The number of nitro benzene ring substituents is 1. The lowest BCUT2D eigenvalue weighted by Gasteiger charge is -2.12. The molecular weight excluding hydrogens is 370 g/mol. The van der Waals surface area contributed by atoms with Gasteiger partial charge >= 0.3 is 0 Å². The van der Waals surface area contributed by atoms with Gasteiger partial charge in [0.15, 0.2) is 0 Å². The summed E-state index contributed by atoms with van der Waals surface area (Å²) in [6.45, 7) is 2.03. The Morgan fingerprint density at radius 2 is 1.96 bits per heavy atom. The quantitative estimate of drug-likeness (QED) is 0.333. The van der Waals surface area contributed by atoms with Gasteiger partial charge < -0.3 is 5.32 Å². The van der Waals surface area contributed by atoms with Gasteiger partial charge in [-0.05, 0) is 42.5 Å². The molecule has 27 heavy (non-hydrogen) atoms. The SMILES string of the molecule is CC=CC=CC(=O)NCCN1C(=O)SC(=Cc2ccc([N+](=O)[O-])cc2)C1=O. The molecule has 0 saturated carbocycles. The molecule has 0 aromatic heterocycles. The van der Waals surface area contributed by atoms with Crippen molar-refractivity contribution >= 4 is 40.6 Å². The lowest BCUT2D eigenvalue weighted by atomic mass is 10.2. The number of amides is 3. The molecule has 140 valence electrons. The first-order chi connectivity index (χ1) is 12.9. The van der Waals surface area contributed by atoms with Crippen molar-refractivity contribution in [2.45, 2.75) is 6.92 Å². The number of non-ortho nitro benzene ring substituents is 1. The fourth-order valence-corrected chi connectivity index (χ4v) is 3.01. The zero-order valence-corrected chi connectivity index (χ0v) is 15.3. The van der Waals surface area contributed by atoms with E-state index in [1.807, 2.05) is 6.92 Å². The standard InChI is InChI=1S/C18H17N3O5S/c1-2-3-4-5-16(22)19-10-11-20-17(23)15(27-18(20)24)12-13-6-8-14(9-7-13)21(25)26/h2-9,12H,10-11H2,1H3,(H,19,22). The molecule has 8 nitrogen and oxygen atoms in total.